The molecular formula is C14H19NO3. The summed E-state index contributed by atoms with van der Waals surface area (Å²) in [5, 5.41) is 0. The minimum Gasteiger partial charge on any atom is -0.486 e. The van der Waals surface area contributed by atoms with Crippen molar-refractivity contribution in [1.82, 2.24) is 4.90 Å². The smallest absolute Gasteiger partial charge is 0.253 e. The van der Waals surface area contributed by atoms with E-state index in [1.807, 2.05) is 7.05 Å². The predicted octanol–water partition coefficient (Wildman–Crippen LogP) is 2.33. The van der Waals surface area contributed by atoms with Crippen LogP contribution in [0.4, 0.5) is 0 Å². The summed E-state index contributed by atoms with van der Waals surface area (Å²) in [6.07, 6.45) is 2.10. The molecule has 1 aliphatic rings. The topological polar surface area (TPSA) is 38.8 Å². The molecule has 0 bridgehead atoms. The van der Waals surface area contributed by atoms with E-state index in [-0.39, 0.29) is 5.91 Å². The zero-order chi connectivity index (χ0) is 13.0. The third-order valence-corrected chi connectivity index (χ3v) is 2.98. The van der Waals surface area contributed by atoms with Gasteiger partial charge in [0.25, 0.3) is 5.91 Å². The molecule has 18 heavy (non-hydrogen) atoms. The van der Waals surface area contributed by atoms with Crippen LogP contribution >= 0.6 is 0 Å². The second-order valence-electron chi connectivity index (χ2n) is 4.44. The van der Waals surface area contributed by atoms with E-state index in [2.05, 4.69) is 6.92 Å². The molecule has 98 valence electrons. The number of benzene rings is 1. The Balaban J connectivity index is 2.10. The highest BCUT2D eigenvalue weighted by atomic mass is 16.6. The first-order valence-corrected chi connectivity index (χ1v) is 6.37. The lowest BCUT2D eigenvalue weighted by atomic mass is 10.1. The van der Waals surface area contributed by atoms with Crippen LogP contribution < -0.4 is 9.47 Å². The second kappa shape index (κ2) is 5.76. The fraction of sp³-hybridized carbons (Fsp3) is 0.500. The first kappa shape index (κ1) is 12.7. The summed E-state index contributed by atoms with van der Waals surface area (Å²) in [5.74, 6) is 1.41. The summed E-state index contributed by atoms with van der Waals surface area (Å²) in [4.78, 5) is 13.9. The Morgan fingerprint density at radius 1 is 1.28 bits per heavy atom. The van der Waals surface area contributed by atoms with Crippen LogP contribution in [0, 0.1) is 0 Å². The average Bonchev–Trinajstić information content (AvgIpc) is 2.43. The van der Waals surface area contributed by atoms with Crippen molar-refractivity contribution in [3.05, 3.63) is 23.8 Å². The number of carbonyl (C=O) groups excluding carboxylic acids is 1. The molecule has 1 aliphatic heterocycles. The van der Waals surface area contributed by atoms with E-state index in [0.717, 1.165) is 19.4 Å². The molecule has 0 fully saturated rings. The Labute approximate surface area is 107 Å². The van der Waals surface area contributed by atoms with E-state index in [0.29, 0.717) is 30.3 Å². The van der Waals surface area contributed by atoms with E-state index in [9.17, 15) is 4.79 Å². The maximum absolute atomic E-state index is 12.2. The van der Waals surface area contributed by atoms with Gasteiger partial charge in [0.15, 0.2) is 11.5 Å². The van der Waals surface area contributed by atoms with Gasteiger partial charge in [-0.3, -0.25) is 4.79 Å². The summed E-state index contributed by atoms with van der Waals surface area (Å²) in [6, 6.07) is 5.35. The molecule has 1 aromatic carbocycles. The van der Waals surface area contributed by atoms with E-state index < -0.39 is 0 Å². The van der Waals surface area contributed by atoms with Gasteiger partial charge in [-0.1, -0.05) is 13.3 Å². The molecule has 4 heteroatoms. The van der Waals surface area contributed by atoms with Crippen molar-refractivity contribution in [1.29, 1.82) is 0 Å². The number of amides is 1. The van der Waals surface area contributed by atoms with Crippen LogP contribution in [0.25, 0.3) is 0 Å². The lowest BCUT2D eigenvalue weighted by molar-refractivity contribution is 0.0792. The Hall–Kier alpha value is -1.71. The Kier molecular flexibility index (Phi) is 4.07. The molecular weight excluding hydrogens is 230 g/mol. The van der Waals surface area contributed by atoms with Crippen LogP contribution in [-0.4, -0.2) is 37.6 Å². The summed E-state index contributed by atoms with van der Waals surface area (Å²) in [6.45, 7) is 4.00. The van der Waals surface area contributed by atoms with Crippen LogP contribution in [0.5, 0.6) is 11.5 Å². The quantitative estimate of drug-likeness (QED) is 0.822. The zero-order valence-corrected chi connectivity index (χ0v) is 10.9. The molecule has 4 nitrogen and oxygen atoms in total. The van der Waals surface area contributed by atoms with Crippen molar-refractivity contribution < 1.29 is 14.3 Å². The van der Waals surface area contributed by atoms with E-state index in [4.69, 9.17) is 9.47 Å². The molecule has 0 unspecified atom stereocenters. The summed E-state index contributed by atoms with van der Waals surface area (Å²) in [5.41, 5.74) is 0.651. The van der Waals surface area contributed by atoms with Crippen molar-refractivity contribution >= 4 is 5.91 Å². The molecule has 0 aliphatic carbocycles. The first-order valence-electron chi connectivity index (χ1n) is 6.37. The minimum atomic E-state index is 0.0282. The highest BCUT2D eigenvalue weighted by molar-refractivity contribution is 5.94. The van der Waals surface area contributed by atoms with E-state index in [1.165, 1.54) is 0 Å². The number of hydrogen-bond acceptors (Lipinski definition) is 3. The third kappa shape index (κ3) is 2.75. The number of ether oxygens (including phenoxy) is 2. The lowest BCUT2D eigenvalue weighted by Crippen LogP contribution is -2.27. The number of hydrogen-bond donors (Lipinski definition) is 0. The molecule has 0 aromatic heterocycles. The van der Waals surface area contributed by atoms with Crippen LogP contribution in [0.3, 0.4) is 0 Å². The highest BCUT2D eigenvalue weighted by Crippen LogP contribution is 2.31. The number of carbonyl (C=O) groups is 1. The van der Waals surface area contributed by atoms with Crippen LogP contribution in [0.2, 0.25) is 0 Å². The fourth-order valence-electron chi connectivity index (χ4n) is 1.89. The van der Waals surface area contributed by atoms with Gasteiger partial charge in [-0.2, -0.15) is 0 Å². The normalized spacial score (nSPS) is 13.2. The molecule has 0 N–H and O–H groups in total. The van der Waals surface area contributed by atoms with Gasteiger partial charge >= 0.3 is 0 Å². The van der Waals surface area contributed by atoms with Gasteiger partial charge in [-0.25, -0.2) is 0 Å². The summed E-state index contributed by atoms with van der Waals surface area (Å²) in [7, 11) is 1.83. The van der Waals surface area contributed by atoms with Gasteiger partial charge in [0.2, 0.25) is 0 Å². The zero-order valence-electron chi connectivity index (χ0n) is 10.9. The average molecular weight is 249 g/mol. The van der Waals surface area contributed by atoms with Crippen molar-refractivity contribution in [2.45, 2.75) is 19.8 Å². The molecule has 0 saturated carbocycles. The molecule has 1 amide bonds. The van der Waals surface area contributed by atoms with Crippen LogP contribution in [-0.2, 0) is 0 Å². The van der Waals surface area contributed by atoms with Gasteiger partial charge in [-0.05, 0) is 24.6 Å². The highest BCUT2D eigenvalue weighted by Gasteiger charge is 2.16. The van der Waals surface area contributed by atoms with Gasteiger partial charge in [0.05, 0.1) is 0 Å². The SMILES string of the molecule is CCCCN(C)C(=O)c1ccc2c(c1)OCCO2. The predicted molar refractivity (Wildman–Crippen MR) is 69.3 cm³/mol. The summed E-state index contributed by atoms with van der Waals surface area (Å²) >= 11 is 0. The second-order valence-corrected chi connectivity index (χ2v) is 4.44. The molecule has 1 heterocycles. The van der Waals surface area contributed by atoms with Gasteiger partial charge in [0, 0.05) is 19.2 Å². The van der Waals surface area contributed by atoms with E-state index >= 15 is 0 Å². The standard InChI is InChI=1S/C14H19NO3/c1-3-4-7-15(2)14(16)11-5-6-12-13(10-11)18-9-8-17-12/h5-6,10H,3-4,7-9H2,1-2H3. The van der Waals surface area contributed by atoms with Crippen LogP contribution in [0.15, 0.2) is 18.2 Å². The minimum absolute atomic E-state index is 0.0282. The number of unbranched alkanes of at least 4 members (excludes halogenated alkanes) is 1. The Morgan fingerprint density at radius 2 is 2.00 bits per heavy atom. The van der Waals surface area contributed by atoms with Gasteiger partial charge < -0.3 is 14.4 Å². The maximum atomic E-state index is 12.2. The number of nitrogens with zero attached hydrogens (tertiary/aromatic N) is 1. The molecule has 0 saturated heterocycles. The van der Waals surface area contributed by atoms with Crippen molar-refractivity contribution in [3.63, 3.8) is 0 Å². The number of rotatable bonds is 4. The van der Waals surface area contributed by atoms with Crippen LogP contribution in [0.1, 0.15) is 30.1 Å². The largest absolute Gasteiger partial charge is 0.486 e. The molecule has 0 radical (unpaired) electrons. The molecule has 0 atom stereocenters. The lowest BCUT2D eigenvalue weighted by Gasteiger charge is -2.20. The first-order chi connectivity index (χ1) is 8.72. The van der Waals surface area contributed by atoms with Crippen molar-refractivity contribution in [2.75, 3.05) is 26.8 Å². The third-order valence-electron chi connectivity index (χ3n) is 2.98. The molecule has 1 aromatic rings. The Bertz CT molecular complexity index is 431. The molecule has 2 rings (SSSR count). The molecule has 0 spiro atoms. The van der Waals surface area contributed by atoms with Crippen molar-refractivity contribution in [3.8, 4) is 11.5 Å². The fourth-order valence-corrected chi connectivity index (χ4v) is 1.89. The number of fused-ring (bicyclic) bond motifs is 1. The maximum Gasteiger partial charge on any atom is 0.253 e. The van der Waals surface area contributed by atoms with Gasteiger partial charge in [-0.15, -0.1) is 0 Å². The van der Waals surface area contributed by atoms with Gasteiger partial charge in [0.1, 0.15) is 13.2 Å². The van der Waals surface area contributed by atoms with E-state index in [1.54, 1.807) is 23.1 Å². The summed E-state index contributed by atoms with van der Waals surface area (Å²) < 4.78 is 10.9. The van der Waals surface area contributed by atoms with Crippen molar-refractivity contribution in [2.24, 2.45) is 0 Å². The monoisotopic (exact) mass is 249 g/mol. The Morgan fingerprint density at radius 3 is 2.72 bits per heavy atom.